The summed E-state index contributed by atoms with van der Waals surface area (Å²) in [6.45, 7) is 4.35. The highest BCUT2D eigenvalue weighted by atomic mass is 79.9. The molecular formula is C11H15BrN2O. The standard InChI is InChI=1S/C11H15BrN2O/c1-7-4-8(2)11(9(12)5-7)14-6-10(15)13-3/h4-5,14H,6H2,1-3H3,(H,13,15). The average molecular weight is 271 g/mol. The van der Waals surface area contributed by atoms with Crippen LogP contribution < -0.4 is 10.6 Å². The van der Waals surface area contributed by atoms with Crippen molar-refractivity contribution in [2.75, 3.05) is 18.9 Å². The average Bonchev–Trinajstić information content (AvgIpc) is 2.15. The quantitative estimate of drug-likeness (QED) is 0.885. The van der Waals surface area contributed by atoms with Gasteiger partial charge in [0.1, 0.15) is 0 Å². The second-order valence-corrected chi connectivity index (χ2v) is 4.32. The van der Waals surface area contributed by atoms with Crippen molar-refractivity contribution >= 4 is 27.5 Å². The second kappa shape index (κ2) is 5.16. The molecule has 0 saturated heterocycles. The Labute approximate surface area is 98.4 Å². The van der Waals surface area contributed by atoms with E-state index in [4.69, 9.17) is 0 Å². The topological polar surface area (TPSA) is 41.1 Å². The Balaban J connectivity index is 2.81. The lowest BCUT2D eigenvalue weighted by molar-refractivity contribution is -0.118. The minimum absolute atomic E-state index is 0.0260. The van der Waals surface area contributed by atoms with E-state index in [1.807, 2.05) is 19.9 Å². The van der Waals surface area contributed by atoms with Gasteiger partial charge in [0.05, 0.1) is 12.2 Å². The molecule has 0 unspecified atom stereocenters. The van der Waals surface area contributed by atoms with Gasteiger partial charge in [-0.1, -0.05) is 6.07 Å². The Morgan fingerprint density at radius 2 is 2.07 bits per heavy atom. The van der Waals surface area contributed by atoms with E-state index in [0.717, 1.165) is 15.7 Å². The van der Waals surface area contributed by atoms with Crippen molar-refractivity contribution in [3.8, 4) is 0 Å². The maximum absolute atomic E-state index is 11.1. The summed E-state index contributed by atoms with van der Waals surface area (Å²) in [6.07, 6.45) is 0. The summed E-state index contributed by atoms with van der Waals surface area (Å²) < 4.78 is 0.990. The van der Waals surface area contributed by atoms with Crippen LogP contribution in [0.1, 0.15) is 11.1 Å². The molecule has 0 aliphatic carbocycles. The van der Waals surface area contributed by atoms with E-state index < -0.39 is 0 Å². The molecule has 0 aromatic heterocycles. The molecule has 1 aromatic rings. The second-order valence-electron chi connectivity index (χ2n) is 3.47. The molecule has 0 aliphatic heterocycles. The lowest BCUT2D eigenvalue weighted by Crippen LogP contribution is -2.26. The Bertz CT molecular complexity index is 354. The molecule has 0 aliphatic rings. The Morgan fingerprint density at radius 3 is 2.60 bits per heavy atom. The molecule has 0 heterocycles. The third kappa shape index (κ3) is 3.23. The smallest absolute Gasteiger partial charge is 0.239 e. The highest BCUT2D eigenvalue weighted by Crippen LogP contribution is 2.27. The lowest BCUT2D eigenvalue weighted by atomic mass is 10.1. The Morgan fingerprint density at radius 1 is 1.40 bits per heavy atom. The van der Waals surface area contributed by atoms with Gasteiger partial charge in [-0.25, -0.2) is 0 Å². The van der Waals surface area contributed by atoms with E-state index in [1.165, 1.54) is 5.56 Å². The van der Waals surface area contributed by atoms with Gasteiger partial charge in [0.25, 0.3) is 0 Å². The first-order chi connectivity index (χ1) is 7.04. The Hall–Kier alpha value is -1.03. The fourth-order valence-corrected chi connectivity index (χ4v) is 2.21. The van der Waals surface area contributed by atoms with Gasteiger partial charge >= 0.3 is 0 Å². The minimum atomic E-state index is -0.0260. The number of rotatable bonds is 3. The van der Waals surface area contributed by atoms with Crippen LogP contribution >= 0.6 is 15.9 Å². The molecule has 1 aromatic carbocycles. The van der Waals surface area contributed by atoms with Crippen molar-refractivity contribution in [1.29, 1.82) is 0 Å². The van der Waals surface area contributed by atoms with Crippen molar-refractivity contribution in [2.24, 2.45) is 0 Å². The number of hydrogen-bond acceptors (Lipinski definition) is 2. The van der Waals surface area contributed by atoms with Crippen LogP contribution in [-0.2, 0) is 4.79 Å². The SMILES string of the molecule is CNC(=O)CNc1c(C)cc(C)cc1Br. The molecule has 0 spiro atoms. The molecule has 3 nitrogen and oxygen atoms in total. The van der Waals surface area contributed by atoms with Gasteiger partial charge in [-0.3, -0.25) is 4.79 Å². The number of anilines is 1. The normalized spacial score (nSPS) is 9.87. The first-order valence-corrected chi connectivity index (χ1v) is 5.55. The molecule has 0 atom stereocenters. The molecule has 15 heavy (non-hydrogen) atoms. The highest BCUT2D eigenvalue weighted by molar-refractivity contribution is 9.10. The maximum atomic E-state index is 11.1. The van der Waals surface area contributed by atoms with Crippen LogP contribution in [0.25, 0.3) is 0 Å². The van der Waals surface area contributed by atoms with Crippen molar-refractivity contribution < 1.29 is 4.79 Å². The lowest BCUT2D eigenvalue weighted by Gasteiger charge is -2.12. The molecule has 0 saturated carbocycles. The van der Waals surface area contributed by atoms with Gasteiger partial charge in [0.15, 0.2) is 0 Å². The summed E-state index contributed by atoms with van der Waals surface area (Å²) in [6, 6.07) is 4.11. The summed E-state index contributed by atoms with van der Waals surface area (Å²) in [4.78, 5) is 11.1. The van der Waals surface area contributed by atoms with Crippen molar-refractivity contribution in [1.82, 2.24) is 5.32 Å². The van der Waals surface area contributed by atoms with Gasteiger partial charge < -0.3 is 10.6 Å². The van der Waals surface area contributed by atoms with Crippen LogP contribution in [0.5, 0.6) is 0 Å². The van der Waals surface area contributed by atoms with E-state index in [9.17, 15) is 4.79 Å². The van der Waals surface area contributed by atoms with Crippen LogP contribution in [0.3, 0.4) is 0 Å². The largest absolute Gasteiger partial charge is 0.375 e. The predicted octanol–water partition coefficient (Wildman–Crippen LogP) is 2.22. The first-order valence-electron chi connectivity index (χ1n) is 4.75. The zero-order chi connectivity index (χ0) is 11.4. The number of hydrogen-bond donors (Lipinski definition) is 2. The number of amides is 1. The van der Waals surface area contributed by atoms with Gasteiger partial charge in [0.2, 0.25) is 5.91 Å². The van der Waals surface area contributed by atoms with E-state index in [2.05, 4.69) is 32.6 Å². The predicted molar refractivity (Wildman–Crippen MR) is 66.2 cm³/mol. The molecule has 0 bridgehead atoms. The number of aryl methyl sites for hydroxylation is 2. The van der Waals surface area contributed by atoms with Gasteiger partial charge in [-0.15, -0.1) is 0 Å². The number of likely N-dealkylation sites (N-methyl/N-ethyl adjacent to an activating group) is 1. The van der Waals surface area contributed by atoms with E-state index in [-0.39, 0.29) is 5.91 Å². The molecule has 2 N–H and O–H groups in total. The van der Waals surface area contributed by atoms with Crippen molar-refractivity contribution in [3.63, 3.8) is 0 Å². The molecule has 1 rings (SSSR count). The van der Waals surface area contributed by atoms with Crippen LogP contribution in [0.15, 0.2) is 16.6 Å². The number of nitrogens with one attached hydrogen (secondary N) is 2. The van der Waals surface area contributed by atoms with E-state index in [1.54, 1.807) is 7.05 Å². The van der Waals surface area contributed by atoms with E-state index in [0.29, 0.717) is 6.54 Å². The van der Waals surface area contributed by atoms with Gasteiger partial charge in [-0.05, 0) is 47.0 Å². The third-order valence-corrected chi connectivity index (χ3v) is 2.76. The van der Waals surface area contributed by atoms with Crippen LogP contribution in [0.2, 0.25) is 0 Å². The van der Waals surface area contributed by atoms with Crippen LogP contribution in [-0.4, -0.2) is 19.5 Å². The van der Waals surface area contributed by atoms with Crippen molar-refractivity contribution in [3.05, 3.63) is 27.7 Å². The molecule has 82 valence electrons. The minimum Gasteiger partial charge on any atom is -0.375 e. The number of carbonyl (C=O) groups is 1. The number of carbonyl (C=O) groups excluding carboxylic acids is 1. The Kier molecular flexibility index (Phi) is 4.15. The van der Waals surface area contributed by atoms with Gasteiger partial charge in [0, 0.05) is 11.5 Å². The van der Waals surface area contributed by atoms with E-state index >= 15 is 0 Å². The monoisotopic (exact) mass is 270 g/mol. The molecule has 0 fully saturated rings. The number of benzene rings is 1. The van der Waals surface area contributed by atoms with Crippen LogP contribution in [0.4, 0.5) is 5.69 Å². The summed E-state index contributed by atoms with van der Waals surface area (Å²) >= 11 is 3.48. The molecular weight excluding hydrogens is 256 g/mol. The molecule has 1 amide bonds. The summed E-state index contributed by atoms with van der Waals surface area (Å²) in [5, 5.41) is 5.67. The third-order valence-electron chi connectivity index (χ3n) is 2.14. The van der Waals surface area contributed by atoms with Gasteiger partial charge in [-0.2, -0.15) is 0 Å². The zero-order valence-electron chi connectivity index (χ0n) is 9.15. The molecule has 0 radical (unpaired) electrons. The zero-order valence-corrected chi connectivity index (χ0v) is 10.7. The summed E-state index contributed by atoms with van der Waals surface area (Å²) in [5.74, 6) is -0.0260. The summed E-state index contributed by atoms with van der Waals surface area (Å²) in [7, 11) is 1.63. The number of halogens is 1. The van der Waals surface area contributed by atoms with Crippen molar-refractivity contribution in [2.45, 2.75) is 13.8 Å². The maximum Gasteiger partial charge on any atom is 0.239 e. The fourth-order valence-electron chi connectivity index (χ4n) is 1.40. The molecule has 4 heteroatoms. The highest BCUT2D eigenvalue weighted by Gasteiger charge is 2.05. The fraction of sp³-hybridized carbons (Fsp3) is 0.364. The first kappa shape index (κ1) is 12.0. The van der Waals surface area contributed by atoms with Crippen LogP contribution in [0, 0.1) is 13.8 Å². The summed E-state index contributed by atoms with van der Waals surface area (Å²) in [5.41, 5.74) is 3.31.